The molecule has 0 aromatic heterocycles. The van der Waals surface area contributed by atoms with Crippen molar-refractivity contribution in [1.82, 2.24) is 0 Å². The highest BCUT2D eigenvalue weighted by atomic mass is 19.1. The van der Waals surface area contributed by atoms with Crippen LogP contribution in [0.15, 0.2) is 115 Å². The summed E-state index contributed by atoms with van der Waals surface area (Å²) in [6, 6.07) is 31.8. The normalized spacial score (nSPS) is 13.9. The fourth-order valence-corrected chi connectivity index (χ4v) is 5.16. The van der Waals surface area contributed by atoms with Crippen LogP contribution in [0.4, 0.5) is 4.39 Å². The molecule has 0 bridgehead atoms. The first-order valence-electron chi connectivity index (χ1n) is 13.4. The van der Waals surface area contributed by atoms with Crippen molar-refractivity contribution >= 4 is 16.7 Å². The summed E-state index contributed by atoms with van der Waals surface area (Å²) in [7, 11) is 1.50. The van der Waals surface area contributed by atoms with E-state index in [1.807, 2.05) is 30.3 Å². The van der Waals surface area contributed by atoms with Crippen LogP contribution in [0.1, 0.15) is 33.0 Å². The lowest BCUT2D eigenvalue weighted by molar-refractivity contribution is 0.0736. The first-order valence-corrected chi connectivity index (χ1v) is 13.4. The van der Waals surface area contributed by atoms with Crippen LogP contribution in [0.25, 0.3) is 10.8 Å². The van der Waals surface area contributed by atoms with Crippen molar-refractivity contribution in [3.8, 4) is 29.1 Å². The number of carbonyl (C=O) groups is 1. The molecule has 0 saturated heterocycles. The van der Waals surface area contributed by atoms with Gasteiger partial charge in [0.2, 0.25) is 5.88 Å². The minimum atomic E-state index is -0.592. The Morgan fingerprint density at radius 3 is 2.56 bits per heavy atom. The van der Waals surface area contributed by atoms with Gasteiger partial charge in [0, 0.05) is 17.2 Å². The number of hydrogen-bond acceptors (Lipinski definition) is 7. The molecule has 0 fully saturated rings. The smallest absolute Gasteiger partial charge is 0.344 e. The SMILES string of the molecule is COc1cc(C2C(C#N)=C(N)Oc3cc(OC(=O)c4cccc5ccccc45)ccc32)ccc1OCc1ccccc1F. The van der Waals surface area contributed by atoms with Crippen LogP contribution >= 0.6 is 0 Å². The zero-order valence-electron chi connectivity index (χ0n) is 23.0. The van der Waals surface area contributed by atoms with Gasteiger partial charge >= 0.3 is 5.97 Å². The Balaban J connectivity index is 1.30. The number of esters is 1. The fraction of sp³-hybridized carbons (Fsp3) is 0.0857. The standard InChI is InChI=1S/C35H25FN2O5/c1-40-32-17-22(13-16-30(32)41-20-23-8-3-5-12-29(23)36)33-27-15-14-24(18-31(27)43-34(38)28(33)19-37)42-35(39)26-11-6-9-21-7-2-4-10-25(21)26/h2-18,33H,20,38H2,1H3. The van der Waals surface area contributed by atoms with Gasteiger partial charge in [-0.25, -0.2) is 9.18 Å². The van der Waals surface area contributed by atoms with Crippen LogP contribution in [0.5, 0.6) is 23.0 Å². The molecule has 0 amide bonds. The van der Waals surface area contributed by atoms with E-state index in [2.05, 4.69) is 6.07 Å². The lowest BCUT2D eigenvalue weighted by atomic mass is 9.83. The first kappa shape index (κ1) is 27.4. The van der Waals surface area contributed by atoms with Gasteiger partial charge in [0.1, 0.15) is 35.6 Å². The van der Waals surface area contributed by atoms with E-state index in [0.29, 0.717) is 39.5 Å². The van der Waals surface area contributed by atoms with Crippen molar-refractivity contribution in [2.75, 3.05) is 7.11 Å². The Hall–Kier alpha value is -5.81. The Morgan fingerprint density at radius 1 is 0.953 bits per heavy atom. The van der Waals surface area contributed by atoms with Crippen LogP contribution in [0.2, 0.25) is 0 Å². The minimum absolute atomic E-state index is 0.0129. The maximum Gasteiger partial charge on any atom is 0.344 e. The van der Waals surface area contributed by atoms with Crippen LogP contribution in [0, 0.1) is 17.1 Å². The Labute approximate surface area is 247 Å². The molecule has 0 spiro atoms. The van der Waals surface area contributed by atoms with Gasteiger partial charge in [-0.05, 0) is 46.7 Å². The number of nitrogens with two attached hydrogens (primary N) is 1. The van der Waals surface area contributed by atoms with Crippen molar-refractivity contribution < 1.29 is 28.1 Å². The number of fused-ring (bicyclic) bond motifs is 2. The molecule has 1 atom stereocenters. The molecular weight excluding hydrogens is 547 g/mol. The second-order valence-electron chi connectivity index (χ2n) is 9.83. The number of nitrogens with zero attached hydrogens (tertiary/aromatic N) is 1. The summed E-state index contributed by atoms with van der Waals surface area (Å²) in [6.07, 6.45) is 0. The third kappa shape index (κ3) is 5.32. The lowest BCUT2D eigenvalue weighted by Gasteiger charge is -2.27. The quantitative estimate of drug-likeness (QED) is 0.165. The fourth-order valence-electron chi connectivity index (χ4n) is 5.16. The third-order valence-electron chi connectivity index (χ3n) is 7.27. The van der Waals surface area contributed by atoms with Crippen molar-refractivity contribution in [3.05, 3.63) is 143 Å². The topological polar surface area (TPSA) is 104 Å². The van der Waals surface area contributed by atoms with Gasteiger partial charge in [-0.1, -0.05) is 66.7 Å². The second kappa shape index (κ2) is 11.6. The first-order chi connectivity index (χ1) is 21.0. The number of methoxy groups -OCH3 is 1. The summed E-state index contributed by atoms with van der Waals surface area (Å²) >= 11 is 0. The average molecular weight is 573 g/mol. The highest BCUT2D eigenvalue weighted by Gasteiger charge is 2.32. The van der Waals surface area contributed by atoms with E-state index in [1.165, 1.54) is 13.2 Å². The molecule has 0 radical (unpaired) electrons. The van der Waals surface area contributed by atoms with Gasteiger partial charge in [0.05, 0.1) is 18.6 Å². The molecule has 212 valence electrons. The maximum absolute atomic E-state index is 14.1. The van der Waals surface area contributed by atoms with Gasteiger partial charge in [-0.3, -0.25) is 0 Å². The molecule has 2 N–H and O–H groups in total. The summed E-state index contributed by atoms with van der Waals surface area (Å²) in [6.45, 7) is 0.0129. The van der Waals surface area contributed by atoms with Crippen LogP contribution in [-0.4, -0.2) is 13.1 Å². The molecule has 5 aromatic carbocycles. The van der Waals surface area contributed by atoms with E-state index in [-0.39, 0.29) is 29.6 Å². The predicted octanol–water partition coefficient (Wildman–Crippen LogP) is 7.00. The van der Waals surface area contributed by atoms with Crippen LogP contribution in [-0.2, 0) is 6.61 Å². The summed E-state index contributed by atoms with van der Waals surface area (Å²) in [5.41, 5.74) is 8.61. The molecule has 0 saturated carbocycles. The lowest BCUT2D eigenvalue weighted by Crippen LogP contribution is -2.21. The average Bonchev–Trinajstić information content (AvgIpc) is 3.03. The van der Waals surface area contributed by atoms with Crippen molar-refractivity contribution in [2.24, 2.45) is 5.73 Å². The highest BCUT2D eigenvalue weighted by Crippen LogP contribution is 2.45. The van der Waals surface area contributed by atoms with Gasteiger partial charge < -0.3 is 24.7 Å². The van der Waals surface area contributed by atoms with E-state index in [9.17, 15) is 14.4 Å². The van der Waals surface area contributed by atoms with E-state index in [1.54, 1.807) is 66.7 Å². The molecule has 43 heavy (non-hydrogen) atoms. The number of ether oxygens (including phenoxy) is 4. The third-order valence-corrected chi connectivity index (χ3v) is 7.27. The number of allylic oxidation sites excluding steroid dienone is 1. The van der Waals surface area contributed by atoms with E-state index in [4.69, 9.17) is 24.7 Å². The molecule has 1 aliphatic rings. The van der Waals surface area contributed by atoms with Crippen molar-refractivity contribution in [3.63, 3.8) is 0 Å². The van der Waals surface area contributed by atoms with Crippen LogP contribution < -0.4 is 24.7 Å². The zero-order chi connectivity index (χ0) is 29.9. The number of carbonyl (C=O) groups excluding carboxylic acids is 1. The zero-order valence-corrected chi connectivity index (χ0v) is 23.0. The van der Waals surface area contributed by atoms with E-state index >= 15 is 0 Å². The van der Waals surface area contributed by atoms with Crippen molar-refractivity contribution in [1.29, 1.82) is 5.26 Å². The molecule has 1 unspecified atom stereocenters. The van der Waals surface area contributed by atoms with Crippen LogP contribution in [0.3, 0.4) is 0 Å². The summed E-state index contributed by atoms with van der Waals surface area (Å²) in [5.74, 6) is -0.102. The van der Waals surface area contributed by atoms with Gasteiger partial charge in [0.25, 0.3) is 0 Å². The molecule has 7 nitrogen and oxygen atoms in total. The number of nitriles is 1. The van der Waals surface area contributed by atoms with Gasteiger partial charge in [0.15, 0.2) is 11.5 Å². The molecule has 5 aromatic rings. The summed E-state index contributed by atoms with van der Waals surface area (Å²) in [4.78, 5) is 13.1. The molecule has 0 aliphatic carbocycles. The molecule has 6 rings (SSSR count). The van der Waals surface area contributed by atoms with E-state index < -0.39 is 11.9 Å². The molecule has 8 heteroatoms. The Kier molecular flexibility index (Phi) is 7.37. The Bertz CT molecular complexity index is 1940. The minimum Gasteiger partial charge on any atom is -0.493 e. The molecule has 1 heterocycles. The summed E-state index contributed by atoms with van der Waals surface area (Å²) in [5, 5.41) is 11.7. The van der Waals surface area contributed by atoms with Gasteiger partial charge in [-0.15, -0.1) is 0 Å². The highest BCUT2D eigenvalue weighted by molar-refractivity contribution is 6.05. The number of rotatable bonds is 7. The second-order valence-corrected chi connectivity index (χ2v) is 9.83. The monoisotopic (exact) mass is 572 g/mol. The predicted molar refractivity (Wildman–Crippen MR) is 158 cm³/mol. The Morgan fingerprint density at radius 2 is 1.74 bits per heavy atom. The van der Waals surface area contributed by atoms with E-state index in [0.717, 1.165) is 10.8 Å². The van der Waals surface area contributed by atoms with Gasteiger partial charge in [-0.2, -0.15) is 5.26 Å². The summed E-state index contributed by atoms with van der Waals surface area (Å²) < 4.78 is 37.1. The number of hydrogen-bond donors (Lipinski definition) is 1. The van der Waals surface area contributed by atoms with Crippen molar-refractivity contribution in [2.45, 2.75) is 12.5 Å². The largest absolute Gasteiger partial charge is 0.493 e. The number of benzene rings is 5. The number of halogens is 1. The maximum atomic E-state index is 14.1. The molecular formula is C35H25FN2O5. The molecule has 1 aliphatic heterocycles.